The summed E-state index contributed by atoms with van der Waals surface area (Å²) in [6.07, 6.45) is 0. The third kappa shape index (κ3) is 5.17. The minimum absolute atomic E-state index is 0.0168. The number of carbonyl (C=O) groups is 1. The monoisotopic (exact) mass is 445 g/mol. The van der Waals surface area contributed by atoms with Gasteiger partial charge in [-0.15, -0.1) is 11.3 Å². The van der Waals surface area contributed by atoms with E-state index in [9.17, 15) is 13.2 Å². The largest absolute Gasteiger partial charge is 0.495 e. The number of sulfonamides is 1. The lowest BCUT2D eigenvalue weighted by Crippen LogP contribution is -2.23. The number of para-hydroxylation sites is 2. The highest BCUT2D eigenvalue weighted by molar-refractivity contribution is 7.92. The fourth-order valence-electron chi connectivity index (χ4n) is 2.68. The number of rotatable bonds is 8. The third-order valence-corrected chi connectivity index (χ3v) is 6.81. The van der Waals surface area contributed by atoms with Crippen LogP contribution >= 0.6 is 11.3 Å². The molecule has 1 aromatic heterocycles. The van der Waals surface area contributed by atoms with Gasteiger partial charge in [-0.25, -0.2) is 13.4 Å². The first-order valence-corrected chi connectivity index (χ1v) is 11.6. The number of nitrogens with zero attached hydrogens (tertiary/aromatic N) is 1. The zero-order valence-corrected chi connectivity index (χ0v) is 18.5. The number of hydrogen-bond acceptors (Lipinski definition) is 6. The Balaban J connectivity index is 1.73. The normalized spacial score (nSPS) is 11.3. The van der Waals surface area contributed by atoms with Crippen LogP contribution in [0.1, 0.15) is 40.8 Å². The van der Waals surface area contributed by atoms with Crippen molar-refractivity contribution in [3.05, 3.63) is 70.2 Å². The second-order valence-corrected chi connectivity index (χ2v) is 9.42. The van der Waals surface area contributed by atoms with Crippen LogP contribution in [0.3, 0.4) is 0 Å². The van der Waals surface area contributed by atoms with Crippen molar-refractivity contribution in [3.63, 3.8) is 0 Å². The number of methoxy groups -OCH3 is 1. The lowest BCUT2D eigenvalue weighted by atomic mass is 10.2. The van der Waals surface area contributed by atoms with Crippen molar-refractivity contribution in [2.24, 2.45) is 0 Å². The van der Waals surface area contributed by atoms with Crippen molar-refractivity contribution in [2.75, 3.05) is 11.8 Å². The van der Waals surface area contributed by atoms with E-state index in [4.69, 9.17) is 4.74 Å². The standard InChI is InChI=1S/C21H23N3O4S2/c1-14(2)21-23-16(13-29-21)12-22-20(25)15-7-6-8-17(11-15)30(26,27)24-18-9-4-5-10-19(18)28-3/h4-11,13-14,24H,12H2,1-3H3,(H,22,25). The SMILES string of the molecule is COc1ccccc1NS(=O)(=O)c1cccc(C(=O)NCc2csc(C(C)C)n2)c1. The van der Waals surface area contributed by atoms with E-state index in [2.05, 4.69) is 28.9 Å². The first kappa shape index (κ1) is 21.8. The van der Waals surface area contributed by atoms with Crippen LogP contribution in [0.2, 0.25) is 0 Å². The van der Waals surface area contributed by atoms with E-state index >= 15 is 0 Å². The maximum absolute atomic E-state index is 12.8. The van der Waals surface area contributed by atoms with Gasteiger partial charge >= 0.3 is 0 Å². The summed E-state index contributed by atoms with van der Waals surface area (Å²) in [5.41, 5.74) is 1.34. The van der Waals surface area contributed by atoms with Crippen molar-refractivity contribution in [2.45, 2.75) is 31.2 Å². The van der Waals surface area contributed by atoms with Gasteiger partial charge in [-0.3, -0.25) is 9.52 Å². The summed E-state index contributed by atoms with van der Waals surface area (Å²) in [5.74, 6) is 0.361. The van der Waals surface area contributed by atoms with Gasteiger partial charge in [0.25, 0.3) is 15.9 Å². The second kappa shape index (κ2) is 9.27. The summed E-state index contributed by atoms with van der Waals surface area (Å²) in [6.45, 7) is 4.40. The minimum Gasteiger partial charge on any atom is -0.495 e. The molecular weight excluding hydrogens is 422 g/mol. The fourth-order valence-corrected chi connectivity index (χ4v) is 4.63. The van der Waals surface area contributed by atoms with Gasteiger partial charge in [0.1, 0.15) is 5.75 Å². The Bertz CT molecular complexity index is 1140. The molecule has 30 heavy (non-hydrogen) atoms. The van der Waals surface area contributed by atoms with Crippen LogP contribution in [-0.4, -0.2) is 26.4 Å². The van der Waals surface area contributed by atoms with Gasteiger partial charge in [0, 0.05) is 16.9 Å². The van der Waals surface area contributed by atoms with E-state index < -0.39 is 10.0 Å². The molecule has 3 rings (SSSR count). The molecule has 3 aromatic rings. The lowest BCUT2D eigenvalue weighted by Gasteiger charge is -2.12. The van der Waals surface area contributed by atoms with E-state index in [-0.39, 0.29) is 22.9 Å². The first-order valence-electron chi connectivity index (χ1n) is 9.28. The highest BCUT2D eigenvalue weighted by Gasteiger charge is 2.18. The number of nitrogens with one attached hydrogen (secondary N) is 2. The summed E-state index contributed by atoms with van der Waals surface area (Å²) in [5, 5.41) is 5.70. The molecule has 1 heterocycles. The van der Waals surface area contributed by atoms with Gasteiger partial charge in [0.2, 0.25) is 0 Å². The van der Waals surface area contributed by atoms with Crippen molar-refractivity contribution < 1.29 is 17.9 Å². The third-order valence-electron chi connectivity index (χ3n) is 4.25. The molecular formula is C21H23N3O4S2. The number of carbonyl (C=O) groups excluding carboxylic acids is 1. The molecule has 0 unspecified atom stereocenters. The summed E-state index contributed by atoms with van der Waals surface area (Å²) >= 11 is 1.55. The lowest BCUT2D eigenvalue weighted by molar-refractivity contribution is 0.0950. The molecule has 0 radical (unpaired) electrons. The quantitative estimate of drug-likeness (QED) is 0.546. The van der Waals surface area contributed by atoms with Crippen molar-refractivity contribution >= 4 is 33.0 Å². The summed E-state index contributed by atoms with van der Waals surface area (Å²) in [4.78, 5) is 17.0. The van der Waals surface area contributed by atoms with Gasteiger partial charge in [0.15, 0.2) is 0 Å². The molecule has 0 saturated heterocycles. The van der Waals surface area contributed by atoms with E-state index in [1.165, 1.54) is 25.3 Å². The molecule has 9 heteroatoms. The van der Waals surface area contributed by atoms with Gasteiger partial charge in [-0.1, -0.05) is 32.0 Å². The average Bonchev–Trinajstić information content (AvgIpc) is 3.22. The molecule has 0 saturated carbocycles. The summed E-state index contributed by atoms with van der Waals surface area (Å²) < 4.78 is 33.2. The minimum atomic E-state index is -3.90. The topological polar surface area (TPSA) is 97.4 Å². The van der Waals surface area contributed by atoms with Crippen LogP contribution in [0.5, 0.6) is 5.75 Å². The second-order valence-electron chi connectivity index (χ2n) is 6.85. The van der Waals surface area contributed by atoms with Crippen LogP contribution in [0.15, 0.2) is 58.8 Å². The molecule has 2 aromatic carbocycles. The van der Waals surface area contributed by atoms with Gasteiger partial charge in [-0.2, -0.15) is 0 Å². The molecule has 2 N–H and O–H groups in total. The Labute approximate surface area is 180 Å². The van der Waals surface area contributed by atoms with Crippen LogP contribution in [0.4, 0.5) is 5.69 Å². The van der Waals surface area contributed by atoms with Gasteiger partial charge < -0.3 is 10.1 Å². The highest BCUT2D eigenvalue weighted by Crippen LogP contribution is 2.26. The Morgan fingerprint density at radius 1 is 1.17 bits per heavy atom. The maximum Gasteiger partial charge on any atom is 0.262 e. The summed E-state index contributed by atoms with van der Waals surface area (Å²) in [6, 6.07) is 12.6. The number of aromatic nitrogens is 1. The van der Waals surface area contributed by atoms with Gasteiger partial charge in [-0.05, 0) is 30.3 Å². The van der Waals surface area contributed by atoms with Crippen LogP contribution in [-0.2, 0) is 16.6 Å². The Kier molecular flexibility index (Phi) is 6.73. The molecule has 0 fully saturated rings. The van der Waals surface area contributed by atoms with Crippen LogP contribution in [0, 0.1) is 0 Å². The van der Waals surface area contributed by atoms with E-state index in [0.29, 0.717) is 17.4 Å². The summed E-state index contributed by atoms with van der Waals surface area (Å²) in [7, 11) is -2.43. The van der Waals surface area contributed by atoms with E-state index in [1.54, 1.807) is 41.7 Å². The number of amides is 1. The molecule has 7 nitrogen and oxygen atoms in total. The number of hydrogen-bond donors (Lipinski definition) is 2. The van der Waals surface area contributed by atoms with Crippen molar-refractivity contribution in [1.82, 2.24) is 10.3 Å². The molecule has 0 bridgehead atoms. The van der Waals surface area contributed by atoms with Gasteiger partial charge in [0.05, 0.1) is 34.9 Å². The molecule has 0 spiro atoms. The van der Waals surface area contributed by atoms with Crippen molar-refractivity contribution in [1.29, 1.82) is 0 Å². The zero-order valence-electron chi connectivity index (χ0n) is 16.9. The smallest absolute Gasteiger partial charge is 0.262 e. The first-order chi connectivity index (χ1) is 14.3. The van der Waals surface area contributed by atoms with Crippen molar-refractivity contribution in [3.8, 4) is 5.75 Å². The Hall–Kier alpha value is -2.91. The predicted octanol–water partition coefficient (Wildman–Crippen LogP) is 4.01. The molecule has 0 atom stereocenters. The Morgan fingerprint density at radius 3 is 2.63 bits per heavy atom. The Morgan fingerprint density at radius 2 is 1.93 bits per heavy atom. The average molecular weight is 446 g/mol. The fraction of sp³-hybridized carbons (Fsp3) is 0.238. The maximum atomic E-state index is 12.8. The molecule has 0 aliphatic carbocycles. The molecule has 1 amide bonds. The number of benzene rings is 2. The zero-order chi connectivity index (χ0) is 21.7. The molecule has 0 aliphatic rings. The number of anilines is 1. The number of thiazole rings is 1. The van der Waals surface area contributed by atoms with E-state index in [0.717, 1.165) is 10.7 Å². The molecule has 0 aliphatic heterocycles. The molecule has 158 valence electrons. The highest BCUT2D eigenvalue weighted by atomic mass is 32.2. The van der Waals surface area contributed by atoms with Crippen LogP contribution in [0.25, 0.3) is 0 Å². The van der Waals surface area contributed by atoms with Crippen LogP contribution < -0.4 is 14.8 Å². The number of ether oxygens (including phenoxy) is 1. The predicted molar refractivity (Wildman–Crippen MR) is 118 cm³/mol. The van der Waals surface area contributed by atoms with E-state index in [1.807, 2.05) is 5.38 Å².